The molecule has 2 aromatic carbocycles. The Morgan fingerprint density at radius 3 is 2.14 bits per heavy atom. The molecule has 2 aromatic rings. The lowest BCUT2D eigenvalue weighted by molar-refractivity contribution is -0.143. The van der Waals surface area contributed by atoms with E-state index >= 15 is 0 Å². The number of rotatable bonds is 7. The standard InChI is InChI=1S/C22H26BrNO5/c1-27-18-12-15(13-19(28-2)21(18)29-3)20(16-6-4-5-7-17(16)23)24-10-8-14(9-11-24)22(25)26/h4-7,12-14,20H,8-11H2,1-3H3,(H,25,26). The zero-order valence-corrected chi connectivity index (χ0v) is 18.4. The van der Waals surface area contributed by atoms with Crippen LogP contribution in [-0.4, -0.2) is 50.4 Å². The Morgan fingerprint density at radius 2 is 1.66 bits per heavy atom. The molecule has 1 saturated heterocycles. The molecule has 3 rings (SSSR count). The fourth-order valence-corrected chi connectivity index (χ4v) is 4.45. The zero-order chi connectivity index (χ0) is 21.0. The molecule has 1 N–H and O–H groups in total. The summed E-state index contributed by atoms with van der Waals surface area (Å²) in [7, 11) is 4.79. The molecule has 1 atom stereocenters. The zero-order valence-electron chi connectivity index (χ0n) is 16.9. The minimum Gasteiger partial charge on any atom is -0.493 e. The van der Waals surface area contributed by atoms with E-state index in [1.807, 2.05) is 30.3 Å². The number of aliphatic carboxylic acids is 1. The summed E-state index contributed by atoms with van der Waals surface area (Å²) in [6.07, 6.45) is 1.25. The van der Waals surface area contributed by atoms with Crippen LogP contribution in [0.5, 0.6) is 17.2 Å². The van der Waals surface area contributed by atoms with E-state index in [0.717, 1.165) is 15.6 Å². The lowest BCUT2D eigenvalue weighted by Gasteiger charge is -2.37. The number of carboxylic acid groups (broad SMARTS) is 1. The summed E-state index contributed by atoms with van der Waals surface area (Å²) in [5.74, 6) is 0.744. The molecule has 0 saturated carbocycles. The van der Waals surface area contributed by atoms with E-state index in [9.17, 15) is 9.90 Å². The Morgan fingerprint density at radius 1 is 1.07 bits per heavy atom. The van der Waals surface area contributed by atoms with Gasteiger partial charge in [-0.25, -0.2) is 0 Å². The fourth-order valence-electron chi connectivity index (χ4n) is 3.95. The van der Waals surface area contributed by atoms with Crippen LogP contribution in [0.4, 0.5) is 0 Å². The molecule has 0 spiro atoms. The molecule has 7 heteroatoms. The number of likely N-dealkylation sites (tertiary alicyclic amines) is 1. The van der Waals surface area contributed by atoms with Crippen molar-refractivity contribution in [3.05, 3.63) is 52.0 Å². The van der Waals surface area contributed by atoms with Crippen LogP contribution < -0.4 is 14.2 Å². The Bertz CT molecular complexity index is 839. The van der Waals surface area contributed by atoms with Crippen LogP contribution in [0.1, 0.15) is 30.0 Å². The minimum absolute atomic E-state index is 0.0750. The van der Waals surface area contributed by atoms with Gasteiger partial charge in [0.2, 0.25) is 5.75 Å². The van der Waals surface area contributed by atoms with Gasteiger partial charge in [-0.1, -0.05) is 34.1 Å². The number of methoxy groups -OCH3 is 3. The van der Waals surface area contributed by atoms with Gasteiger partial charge in [-0.3, -0.25) is 9.69 Å². The molecule has 1 aliphatic heterocycles. The van der Waals surface area contributed by atoms with Crippen molar-refractivity contribution in [2.45, 2.75) is 18.9 Å². The number of nitrogens with zero attached hydrogens (tertiary/aromatic N) is 1. The predicted octanol–water partition coefficient (Wildman–Crippen LogP) is 4.36. The average molecular weight is 464 g/mol. The van der Waals surface area contributed by atoms with Crippen LogP contribution >= 0.6 is 15.9 Å². The van der Waals surface area contributed by atoms with E-state index in [1.165, 1.54) is 0 Å². The summed E-state index contributed by atoms with van der Waals surface area (Å²) in [5, 5.41) is 9.36. The van der Waals surface area contributed by atoms with Crippen LogP contribution in [0.2, 0.25) is 0 Å². The fraction of sp³-hybridized carbons (Fsp3) is 0.409. The van der Waals surface area contributed by atoms with Crippen molar-refractivity contribution in [3.8, 4) is 17.2 Å². The summed E-state index contributed by atoms with van der Waals surface area (Å²) < 4.78 is 17.6. The second kappa shape index (κ2) is 9.50. The molecule has 0 amide bonds. The summed E-state index contributed by atoms with van der Waals surface area (Å²) in [6.45, 7) is 1.39. The number of ether oxygens (including phenoxy) is 3. The molecule has 6 nitrogen and oxygen atoms in total. The summed E-state index contributed by atoms with van der Waals surface area (Å²) >= 11 is 3.69. The first-order valence-electron chi connectivity index (χ1n) is 9.51. The van der Waals surface area contributed by atoms with Gasteiger partial charge in [0, 0.05) is 4.47 Å². The first-order valence-corrected chi connectivity index (χ1v) is 10.3. The normalized spacial score (nSPS) is 16.3. The third-order valence-electron chi connectivity index (χ3n) is 5.45. The molecule has 1 fully saturated rings. The predicted molar refractivity (Wildman–Crippen MR) is 114 cm³/mol. The van der Waals surface area contributed by atoms with Crippen LogP contribution in [0.3, 0.4) is 0 Å². The molecule has 1 unspecified atom stereocenters. The number of hydrogen-bond donors (Lipinski definition) is 1. The topological polar surface area (TPSA) is 68.2 Å². The van der Waals surface area contributed by atoms with Crippen molar-refractivity contribution < 1.29 is 24.1 Å². The van der Waals surface area contributed by atoms with Crippen LogP contribution in [-0.2, 0) is 4.79 Å². The van der Waals surface area contributed by atoms with Crippen molar-refractivity contribution >= 4 is 21.9 Å². The van der Waals surface area contributed by atoms with E-state index in [2.05, 4.69) is 26.9 Å². The van der Waals surface area contributed by atoms with Gasteiger partial charge in [-0.05, 0) is 55.3 Å². The molecular weight excluding hydrogens is 438 g/mol. The molecule has 0 bridgehead atoms. The highest BCUT2D eigenvalue weighted by Crippen LogP contribution is 2.44. The smallest absolute Gasteiger partial charge is 0.306 e. The van der Waals surface area contributed by atoms with E-state index in [-0.39, 0.29) is 12.0 Å². The van der Waals surface area contributed by atoms with Crippen LogP contribution in [0.15, 0.2) is 40.9 Å². The van der Waals surface area contributed by atoms with Crippen molar-refractivity contribution in [2.75, 3.05) is 34.4 Å². The first kappa shape index (κ1) is 21.5. The Labute approximate surface area is 179 Å². The minimum atomic E-state index is -0.713. The molecular formula is C22H26BrNO5. The lowest BCUT2D eigenvalue weighted by Crippen LogP contribution is -2.39. The van der Waals surface area contributed by atoms with Gasteiger partial charge < -0.3 is 19.3 Å². The monoisotopic (exact) mass is 463 g/mol. The van der Waals surface area contributed by atoms with Crippen molar-refractivity contribution in [1.82, 2.24) is 4.90 Å². The average Bonchev–Trinajstić information content (AvgIpc) is 2.74. The summed E-state index contributed by atoms with van der Waals surface area (Å²) in [6, 6.07) is 12.0. The van der Waals surface area contributed by atoms with Crippen molar-refractivity contribution in [1.29, 1.82) is 0 Å². The van der Waals surface area contributed by atoms with Gasteiger partial charge in [0.15, 0.2) is 11.5 Å². The molecule has 0 radical (unpaired) electrons. The highest BCUT2D eigenvalue weighted by Gasteiger charge is 2.32. The maximum atomic E-state index is 11.4. The molecule has 1 aliphatic rings. The maximum Gasteiger partial charge on any atom is 0.306 e. The van der Waals surface area contributed by atoms with Crippen LogP contribution in [0, 0.1) is 5.92 Å². The quantitative estimate of drug-likeness (QED) is 0.657. The molecule has 0 aromatic heterocycles. The highest BCUT2D eigenvalue weighted by atomic mass is 79.9. The SMILES string of the molecule is COc1cc(C(c2ccccc2Br)N2CCC(C(=O)O)CC2)cc(OC)c1OC. The van der Waals surface area contributed by atoms with Crippen LogP contribution in [0.25, 0.3) is 0 Å². The third kappa shape index (κ3) is 4.51. The van der Waals surface area contributed by atoms with Gasteiger partial charge in [0.25, 0.3) is 0 Å². The van der Waals surface area contributed by atoms with E-state index < -0.39 is 5.97 Å². The van der Waals surface area contributed by atoms with Gasteiger partial charge >= 0.3 is 5.97 Å². The Kier molecular flexibility index (Phi) is 7.03. The molecule has 29 heavy (non-hydrogen) atoms. The third-order valence-corrected chi connectivity index (χ3v) is 6.17. The number of hydrogen-bond acceptors (Lipinski definition) is 5. The van der Waals surface area contributed by atoms with Gasteiger partial charge in [-0.2, -0.15) is 0 Å². The van der Waals surface area contributed by atoms with Gasteiger partial charge in [0.05, 0.1) is 33.3 Å². The first-order chi connectivity index (χ1) is 14.0. The number of carboxylic acids is 1. The molecule has 0 aliphatic carbocycles. The lowest BCUT2D eigenvalue weighted by atomic mass is 9.91. The Balaban J connectivity index is 2.07. The largest absolute Gasteiger partial charge is 0.493 e. The number of halogens is 1. The highest BCUT2D eigenvalue weighted by molar-refractivity contribution is 9.10. The van der Waals surface area contributed by atoms with E-state index in [1.54, 1.807) is 21.3 Å². The second-order valence-corrected chi connectivity index (χ2v) is 7.89. The Hall–Kier alpha value is -2.25. The van der Waals surface area contributed by atoms with E-state index in [4.69, 9.17) is 14.2 Å². The number of carbonyl (C=O) groups is 1. The number of benzene rings is 2. The number of piperidine rings is 1. The van der Waals surface area contributed by atoms with Crippen molar-refractivity contribution in [3.63, 3.8) is 0 Å². The van der Waals surface area contributed by atoms with Gasteiger partial charge in [0.1, 0.15) is 0 Å². The second-order valence-electron chi connectivity index (χ2n) is 7.03. The maximum absolute atomic E-state index is 11.4. The summed E-state index contributed by atoms with van der Waals surface area (Å²) in [4.78, 5) is 13.7. The molecule has 156 valence electrons. The van der Waals surface area contributed by atoms with Gasteiger partial charge in [-0.15, -0.1) is 0 Å². The van der Waals surface area contributed by atoms with Crippen molar-refractivity contribution in [2.24, 2.45) is 5.92 Å². The molecule has 1 heterocycles. The summed E-state index contributed by atoms with van der Waals surface area (Å²) in [5.41, 5.74) is 2.11. The van der Waals surface area contributed by atoms with E-state index in [0.29, 0.717) is 43.2 Å².